The smallest absolute Gasteiger partial charge is 0.316 e. The molecule has 262 valence electrons. The number of unbranched alkanes of at least 4 members (excludes halogenated alkanes) is 4. The molecule has 5 N–H and O–H groups in total. The predicted octanol–water partition coefficient (Wildman–Crippen LogP) is 7.15. The molecule has 2 bridgehead atoms. The van der Waals surface area contributed by atoms with Crippen LogP contribution in [0.25, 0.3) is 0 Å². The molecule has 10 heteroatoms. The van der Waals surface area contributed by atoms with Crippen molar-refractivity contribution >= 4 is 41.1 Å². The Bertz CT molecular complexity index is 1270. The molecule has 1 aromatic carbocycles. The summed E-state index contributed by atoms with van der Waals surface area (Å²) >= 11 is 1.40. The van der Waals surface area contributed by atoms with Crippen molar-refractivity contribution in [1.29, 1.82) is 0 Å². The van der Waals surface area contributed by atoms with Gasteiger partial charge in [0.1, 0.15) is 11.9 Å². The number of Topliss-reactive ketones (excluding diaryl/α,β-unsaturated/α-hetero) is 1. The lowest BCUT2D eigenvalue weighted by atomic mass is 9.44. The number of carbonyl (C=O) groups excluding carboxylic acids is 2. The van der Waals surface area contributed by atoms with Crippen LogP contribution in [-0.4, -0.2) is 57.0 Å². The highest BCUT2D eigenvalue weighted by Gasteiger charge is 2.68. The van der Waals surface area contributed by atoms with Crippen LogP contribution in [0, 0.1) is 34.0 Å². The van der Waals surface area contributed by atoms with Gasteiger partial charge in [-0.3, -0.25) is 19.2 Å². The highest BCUT2D eigenvalue weighted by atomic mass is 32.2. The number of esters is 1. The number of carboxylic acid groups (broad SMARTS) is 2. The molecule has 9 nitrogen and oxygen atoms in total. The minimum absolute atomic E-state index is 0.0329. The second-order valence-corrected chi connectivity index (χ2v) is 15.5. The summed E-state index contributed by atoms with van der Waals surface area (Å²) in [6.07, 6.45) is 8.92. The van der Waals surface area contributed by atoms with Crippen LogP contribution in [0.1, 0.15) is 105 Å². The van der Waals surface area contributed by atoms with Gasteiger partial charge in [0.2, 0.25) is 0 Å². The van der Waals surface area contributed by atoms with Crippen molar-refractivity contribution < 1.29 is 39.2 Å². The number of aliphatic hydroxyl groups is 1. The molecule has 0 amide bonds. The van der Waals surface area contributed by atoms with Gasteiger partial charge in [-0.05, 0) is 74.0 Å². The third-order valence-electron chi connectivity index (χ3n) is 11.6. The zero-order chi connectivity index (χ0) is 35.0. The molecule has 0 aromatic heterocycles. The van der Waals surface area contributed by atoms with Gasteiger partial charge in [-0.25, -0.2) is 0 Å². The number of anilines is 1. The number of nitrogen functional groups attached to an aromatic ring is 1. The lowest BCUT2D eigenvalue weighted by Gasteiger charge is -2.61. The Balaban J connectivity index is 0.000000392. The van der Waals surface area contributed by atoms with Crippen LogP contribution in [0.4, 0.5) is 5.69 Å². The van der Waals surface area contributed by atoms with Crippen molar-refractivity contribution in [3.05, 3.63) is 36.9 Å². The maximum atomic E-state index is 13.4. The van der Waals surface area contributed by atoms with E-state index in [4.69, 9.17) is 20.7 Å². The molecule has 0 heterocycles. The second-order valence-electron chi connectivity index (χ2n) is 14.5. The van der Waals surface area contributed by atoms with Crippen molar-refractivity contribution in [3.63, 3.8) is 0 Å². The number of rotatable bonds is 13. The summed E-state index contributed by atoms with van der Waals surface area (Å²) in [5, 5.41) is 28.2. The standard InChI is InChI=1S/C28H39NO4S.C9H16O4/c1-6-26(4)15-22(33-23(31)16-34-20-9-7-8-19(29)14-20)27(5)17(2)10-12-28(18(3)25(26)32)13-11-21(30)24(27)28;10-8(11)6-4-2-1-3-5-7-9(12)13/h6-9,14,17-18,22,24-25,32H,1,10-13,15-16,29H2,2-5H3;1-7H2,(H,10,11)(H,12,13)/t17-,18+,22-,24+,25+,26-,27+,28+;/m1./s1. The quantitative estimate of drug-likeness (QED) is 0.0555. The van der Waals surface area contributed by atoms with E-state index in [1.54, 1.807) is 0 Å². The number of carboxylic acids is 2. The highest BCUT2D eigenvalue weighted by molar-refractivity contribution is 8.00. The largest absolute Gasteiger partial charge is 0.481 e. The first-order valence-electron chi connectivity index (χ1n) is 17.1. The number of ether oxygens (including phenoxy) is 1. The zero-order valence-corrected chi connectivity index (χ0v) is 29.4. The lowest BCUT2D eigenvalue weighted by Crippen LogP contribution is -2.63. The molecule has 0 spiro atoms. The Kier molecular flexibility index (Phi) is 13.6. The normalized spacial score (nSPS) is 33.0. The van der Waals surface area contributed by atoms with Crippen molar-refractivity contribution in [1.82, 2.24) is 0 Å². The Morgan fingerprint density at radius 1 is 1.04 bits per heavy atom. The van der Waals surface area contributed by atoms with E-state index in [2.05, 4.69) is 27.4 Å². The Morgan fingerprint density at radius 2 is 1.66 bits per heavy atom. The monoisotopic (exact) mass is 673 g/mol. The summed E-state index contributed by atoms with van der Waals surface area (Å²) in [6, 6.07) is 7.45. The molecular weight excluding hydrogens is 618 g/mol. The van der Waals surface area contributed by atoms with Crippen LogP contribution in [0.2, 0.25) is 0 Å². The van der Waals surface area contributed by atoms with Gasteiger partial charge in [0, 0.05) is 46.6 Å². The maximum absolute atomic E-state index is 13.4. The van der Waals surface area contributed by atoms with Crippen molar-refractivity contribution in [2.24, 2.45) is 34.0 Å². The lowest BCUT2D eigenvalue weighted by molar-refractivity contribution is -0.205. The van der Waals surface area contributed by atoms with Gasteiger partial charge in [0.05, 0.1) is 11.9 Å². The first-order chi connectivity index (χ1) is 22.1. The minimum atomic E-state index is -0.759. The van der Waals surface area contributed by atoms with Gasteiger partial charge in [0.25, 0.3) is 0 Å². The SMILES string of the molecule is C=C[C@]1(C)C[C@@H](OC(=O)CSc2cccc(N)c2)[C@]2(C)[C@H](C)CC[C@]3(CCC(=O)[C@H]32)[C@@H](C)[C@@H]1O.O=C(O)CCCCCCCC(=O)O. The molecule has 8 atom stereocenters. The maximum Gasteiger partial charge on any atom is 0.316 e. The van der Waals surface area contributed by atoms with Gasteiger partial charge in [-0.1, -0.05) is 59.1 Å². The zero-order valence-electron chi connectivity index (χ0n) is 28.5. The van der Waals surface area contributed by atoms with Crippen molar-refractivity contribution in [2.75, 3.05) is 11.5 Å². The van der Waals surface area contributed by atoms with E-state index >= 15 is 0 Å². The Labute approximate surface area is 284 Å². The van der Waals surface area contributed by atoms with Gasteiger partial charge >= 0.3 is 17.9 Å². The molecule has 0 radical (unpaired) electrons. The van der Waals surface area contributed by atoms with Gasteiger partial charge in [-0.15, -0.1) is 18.3 Å². The molecule has 3 fully saturated rings. The Hall–Kier alpha value is -2.85. The van der Waals surface area contributed by atoms with Crippen LogP contribution < -0.4 is 5.73 Å². The van der Waals surface area contributed by atoms with E-state index in [0.29, 0.717) is 31.4 Å². The number of ketones is 1. The van der Waals surface area contributed by atoms with Gasteiger partial charge in [0.15, 0.2) is 0 Å². The van der Waals surface area contributed by atoms with E-state index in [-0.39, 0.29) is 53.5 Å². The number of carbonyl (C=O) groups is 4. The fourth-order valence-electron chi connectivity index (χ4n) is 8.52. The number of benzene rings is 1. The average molecular weight is 674 g/mol. The van der Waals surface area contributed by atoms with Gasteiger partial charge in [-0.2, -0.15) is 0 Å². The minimum Gasteiger partial charge on any atom is -0.481 e. The van der Waals surface area contributed by atoms with Crippen molar-refractivity contribution in [3.8, 4) is 0 Å². The van der Waals surface area contributed by atoms with Crippen LogP contribution in [0.15, 0.2) is 41.8 Å². The molecule has 0 unspecified atom stereocenters. The third-order valence-corrected chi connectivity index (χ3v) is 12.5. The first-order valence-corrected chi connectivity index (χ1v) is 18.0. The number of hydrogen-bond donors (Lipinski definition) is 4. The molecule has 0 saturated heterocycles. The molecule has 0 aliphatic heterocycles. The van der Waals surface area contributed by atoms with E-state index in [0.717, 1.165) is 43.4 Å². The molecule has 3 aliphatic carbocycles. The highest BCUT2D eigenvalue weighted by Crippen LogP contribution is 2.68. The summed E-state index contributed by atoms with van der Waals surface area (Å²) in [5.41, 5.74) is 5.16. The molecular formula is C37H55NO8S. The third kappa shape index (κ3) is 8.99. The first kappa shape index (κ1) is 38.6. The molecule has 4 rings (SSSR count). The average Bonchev–Trinajstić information content (AvgIpc) is 3.38. The van der Waals surface area contributed by atoms with Gasteiger partial charge < -0.3 is 25.8 Å². The van der Waals surface area contributed by atoms with Crippen LogP contribution in [0.3, 0.4) is 0 Å². The number of thioether (sulfide) groups is 1. The van der Waals surface area contributed by atoms with E-state index in [9.17, 15) is 24.3 Å². The van der Waals surface area contributed by atoms with E-state index in [1.165, 1.54) is 11.8 Å². The number of aliphatic carboxylic acids is 2. The second kappa shape index (κ2) is 16.5. The van der Waals surface area contributed by atoms with Crippen LogP contribution in [0.5, 0.6) is 0 Å². The summed E-state index contributed by atoms with van der Waals surface area (Å²) in [7, 11) is 0. The summed E-state index contributed by atoms with van der Waals surface area (Å²) in [4.78, 5) is 47.7. The Morgan fingerprint density at radius 3 is 2.23 bits per heavy atom. The number of aliphatic hydroxyl groups excluding tert-OH is 1. The van der Waals surface area contributed by atoms with E-state index in [1.807, 2.05) is 37.3 Å². The summed E-state index contributed by atoms with van der Waals surface area (Å²) in [6.45, 7) is 12.6. The molecule has 1 aromatic rings. The fraction of sp³-hybridized carbons (Fsp3) is 0.676. The van der Waals surface area contributed by atoms with Crippen molar-refractivity contribution in [2.45, 2.75) is 122 Å². The molecule has 47 heavy (non-hydrogen) atoms. The summed E-state index contributed by atoms with van der Waals surface area (Å²) in [5.74, 6) is -1.40. The number of nitrogens with two attached hydrogens (primary N) is 1. The topological polar surface area (TPSA) is 164 Å². The number of hydrogen-bond acceptors (Lipinski definition) is 8. The fourth-order valence-corrected chi connectivity index (χ4v) is 9.27. The van der Waals surface area contributed by atoms with Crippen LogP contribution in [-0.2, 0) is 23.9 Å². The van der Waals surface area contributed by atoms with E-state index < -0.39 is 35.0 Å². The van der Waals surface area contributed by atoms with Crippen LogP contribution >= 0.6 is 11.8 Å². The molecule has 3 aliphatic rings. The summed E-state index contributed by atoms with van der Waals surface area (Å²) < 4.78 is 6.27. The molecule has 3 saturated carbocycles. The predicted molar refractivity (Wildman–Crippen MR) is 184 cm³/mol.